The molecule has 0 atom stereocenters. The van der Waals surface area contributed by atoms with Gasteiger partial charge in [0, 0.05) is 50.4 Å². The molecule has 0 amide bonds. The molecule has 1 fully saturated rings. The number of halogens is 1. The molecular weight excluding hydrogens is 267 g/mol. The number of hydrogen-bond acceptors (Lipinski definition) is 4. The predicted octanol–water partition coefficient (Wildman–Crippen LogP) is 2.25. The average molecular weight is 294 g/mol. The Labute approximate surface area is 127 Å². The summed E-state index contributed by atoms with van der Waals surface area (Å²) in [6.45, 7) is 13.3. The maximum atomic E-state index is 13.5. The van der Waals surface area contributed by atoms with Crippen LogP contribution in [0.25, 0.3) is 0 Å². The van der Waals surface area contributed by atoms with E-state index >= 15 is 0 Å². The van der Waals surface area contributed by atoms with Crippen LogP contribution >= 0.6 is 0 Å². The summed E-state index contributed by atoms with van der Waals surface area (Å²) in [4.78, 5) is 9.08. The highest BCUT2D eigenvalue weighted by molar-refractivity contribution is 5.47. The molecule has 4 nitrogen and oxygen atoms in total. The molecule has 1 aliphatic heterocycles. The molecule has 1 aromatic heterocycles. The maximum absolute atomic E-state index is 13.5. The highest BCUT2D eigenvalue weighted by Crippen LogP contribution is 2.21. The predicted molar refractivity (Wildman–Crippen MR) is 85.1 cm³/mol. The van der Waals surface area contributed by atoms with Crippen molar-refractivity contribution in [2.75, 3.05) is 31.1 Å². The van der Waals surface area contributed by atoms with Crippen LogP contribution in [0.3, 0.4) is 0 Å². The largest absolute Gasteiger partial charge is 0.354 e. The lowest BCUT2D eigenvalue weighted by molar-refractivity contribution is 0.209. The van der Waals surface area contributed by atoms with Gasteiger partial charge in [-0.05, 0) is 19.9 Å². The summed E-state index contributed by atoms with van der Waals surface area (Å²) in [5, 5.41) is 3.35. The summed E-state index contributed by atoms with van der Waals surface area (Å²) in [7, 11) is 0. The lowest BCUT2D eigenvalue weighted by Gasteiger charge is -2.38. The molecule has 0 aliphatic carbocycles. The number of rotatable bonds is 5. The molecule has 1 N–H and O–H groups in total. The highest BCUT2D eigenvalue weighted by Gasteiger charge is 2.21. The van der Waals surface area contributed by atoms with Gasteiger partial charge in [0.1, 0.15) is 11.6 Å². The molecule has 2 heterocycles. The van der Waals surface area contributed by atoms with Gasteiger partial charge in [-0.2, -0.15) is 0 Å². The average Bonchev–Trinajstić information content (AvgIpc) is 2.45. The Bertz CT molecular complexity index is 454. The van der Waals surface area contributed by atoms with E-state index in [1.54, 1.807) is 6.07 Å². The minimum absolute atomic E-state index is 0.264. The monoisotopic (exact) mass is 294 g/mol. The number of anilines is 1. The van der Waals surface area contributed by atoms with Crippen LogP contribution in [-0.4, -0.2) is 48.1 Å². The topological polar surface area (TPSA) is 31.4 Å². The van der Waals surface area contributed by atoms with Crippen LogP contribution in [0, 0.1) is 5.82 Å². The second kappa shape index (κ2) is 7.18. The molecule has 5 heteroatoms. The van der Waals surface area contributed by atoms with Gasteiger partial charge in [-0.15, -0.1) is 0 Å². The molecule has 0 unspecified atom stereocenters. The number of pyridine rings is 1. The Morgan fingerprint density at radius 2 is 1.86 bits per heavy atom. The van der Waals surface area contributed by atoms with Crippen molar-refractivity contribution in [3.05, 3.63) is 23.6 Å². The van der Waals surface area contributed by atoms with E-state index in [2.05, 4.69) is 47.8 Å². The van der Waals surface area contributed by atoms with E-state index in [1.165, 1.54) is 6.20 Å². The van der Waals surface area contributed by atoms with Crippen molar-refractivity contribution >= 4 is 5.82 Å². The van der Waals surface area contributed by atoms with E-state index in [9.17, 15) is 4.39 Å². The lowest BCUT2D eigenvalue weighted by Crippen LogP contribution is -2.49. The Morgan fingerprint density at radius 3 is 2.43 bits per heavy atom. The SMILES string of the molecule is CC(C)NCc1cc(F)cnc1N1CCN(C(C)C)CC1. The summed E-state index contributed by atoms with van der Waals surface area (Å²) < 4.78 is 13.5. The van der Waals surface area contributed by atoms with Crippen LogP contribution < -0.4 is 10.2 Å². The summed E-state index contributed by atoms with van der Waals surface area (Å²) in [5.74, 6) is 0.660. The first-order chi connectivity index (χ1) is 9.97. The summed E-state index contributed by atoms with van der Waals surface area (Å²) in [6.07, 6.45) is 1.32. The number of hydrogen-bond donors (Lipinski definition) is 1. The molecule has 1 aliphatic rings. The molecule has 0 bridgehead atoms. The summed E-state index contributed by atoms with van der Waals surface area (Å²) >= 11 is 0. The summed E-state index contributed by atoms with van der Waals surface area (Å²) in [6, 6.07) is 2.56. The van der Waals surface area contributed by atoms with Crippen LogP contribution in [0.15, 0.2) is 12.3 Å². The van der Waals surface area contributed by atoms with Gasteiger partial charge in [0.15, 0.2) is 0 Å². The van der Waals surface area contributed by atoms with Gasteiger partial charge >= 0.3 is 0 Å². The van der Waals surface area contributed by atoms with Gasteiger partial charge in [0.05, 0.1) is 6.20 Å². The summed E-state index contributed by atoms with van der Waals surface area (Å²) in [5.41, 5.74) is 0.946. The van der Waals surface area contributed by atoms with Crippen LogP contribution in [0.4, 0.5) is 10.2 Å². The van der Waals surface area contributed by atoms with E-state index in [0.717, 1.165) is 37.6 Å². The van der Waals surface area contributed by atoms with Gasteiger partial charge in [0.2, 0.25) is 0 Å². The van der Waals surface area contributed by atoms with Crippen LogP contribution in [0.2, 0.25) is 0 Å². The fourth-order valence-electron chi connectivity index (χ4n) is 2.65. The van der Waals surface area contributed by atoms with Crippen molar-refractivity contribution in [3.8, 4) is 0 Å². The van der Waals surface area contributed by atoms with E-state index in [1.807, 2.05) is 0 Å². The standard InChI is InChI=1S/C16H27FN4/c1-12(2)18-10-14-9-15(17)11-19-16(14)21-7-5-20(6-8-21)13(3)4/h9,11-13,18H,5-8,10H2,1-4H3. The van der Waals surface area contributed by atoms with Crippen LogP contribution in [0.1, 0.15) is 33.3 Å². The number of aromatic nitrogens is 1. The fraction of sp³-hybridized carbons (Fsp3) is 0.688. The zero-order valence-electron chi connectivity index (χ0n) is 13.6. The second-order valence-corrected chi connectivity index (χ2v) is 6.29. The van der Waals surface area contributed by atoms with Crippen molar-refractivity contribution in [1.29, 1.82) is 0 Å². The van der Waals surface area contributed by atoms with E-state index < -0.39 is 0 Å². The quantitative estimate of drug-likeness (QED) is 0.902. The molecule has 1 aromatic rings. The van der Waals surface area contributed by atoms with Gasteiger partial charge in [-0.3, -0.25) is 4.90 Å². The van der Waals surface area contributed by atoms with E-state index in [-0.39, 0.29) is 5.82 Å². The van der Waals surface area contributed by atoms with Crippen molar-refractivity contribution in [2.24, 2.45) is 0 Å². The fourth-order valence-corrected chi connectivity index (χ4v) is 2.65. The number of piperazine rings is 1. The van der Waals surface area contributed by atoms with Crippen molar-refractivity contribution in [2.45, 2.75) is 46.3 Å². The molecular formula is C16H27FN4. The van der Waals surface area contributed by atoms with E-state index in [4.69, 9.17) is 0 Å². The molecule has 118 valence electrons. The first-order valence-corrected chi connectivity index (χ1v) is 7.84. The van der Waals surface area contributed by atoms with Crippen molar-refractivity contribution in [1.82, 2.24) is 15.2 Å². The Balaban J connectivity index is 2.08. The molecule has 0 saturated carbocycles. The normalized spacial score (nSPS) is 17.0. The maximum Gasteiger partial charge on any atom is 0.141 e. The minimum Gasteiger partial charge on any atom is -0.354 e. The van der Waals surface area contributed by atoms with Crippen molar-refractivity contribution in [3.63, 3.8) is 0 Å². The lowest BCUT2D eigenvalue weighted by atomic mass is 10.2. The van der Waals surface area contributed by atoms with Crippen LogP contribution in [-0.2, 0) is 6.54 Å². The molecule has 0 spiro atoms. The third-order valence-corrected chi connectivity index (χ3v) is 3.95. The van der Waals surface area contributed by atoms with Gasteiger partial charge in [0.25, 0.3) is 0 Å². The zero-order valence-corrected chi connectivity index (χ0v) is 13.6. The number of nitrogens with one attached hydrogen (secondary N) is 1. The Morgan fingerprint density at radius 1 is 1.19 bits per heavy atom. The van der Waals surface area contributed by atoms with Gasteiger partial charge in [-0.1, -0.05) is 13.8 Å². The first-order valence-electron chi connectivity index (χ1n) is 7.84. The molecule has 0 aromatic carbocycles. The first kappa shape index (κ1) is 16.2. The molecule has 21 heavy (non-hydrogen) atoms. The molecule has 0 radical (unpaired) electrons. The zero-order chi connectivity index (χ0) is 15.4. The third kappa shape index (κ3) is 4.38. The third-order valence-electron chi connectivity index (χ3n) is 3.95. The second-order valence-electron chi connectivity index (χ2n) is 6.29. The Kier molecular flexibility index (Phi) is 5.53. The highest BCUT2D eigenvalue weighted by atomic mass is 19.1. The van der Waals surface area contributed by atoms with Gasteiger partial charge < -0.3 is 10.2 Å². The smallest absolute Gasteiger partial charge is 0.141 e. The molecule has 1 saturated heterocycles. The van der Waals surface area contributed by atoms with E-state index in [0.29, 0.717) is 18.6 Å². The molecule has 2 rings (SSSR count). The van der Waals surface area contributed by atoms with Crippen LogP contribution in [0.5, 0.6) is 0 Å². The van der Waals surface area contributed by atoms with Gasteiger partial charge in [-0.25, -0.2) is 9.37 Å². The Hall–Kier alpha value is -1.20. The van der Waals surface area contributed by atoms with Crippen molar-refractivity contribution < 1.29 is 4.39 Å². The number of nitrogens with zero attached hydrogens (tertiary/aromatic N) is 3. The minimum atomic E-state index is -0.264.